The second kappa shape index (κ2) is 11.4. The van der Waals surface area contributed by atoms with Gasteiger partial charge in [0.15, 0.2) is 0 Å². The van der Waals surface area contributed by atoms with E-state index >= 15 is 0 Å². The summed E-state index contributed by atoms with van der Waals surface area (Å²) in [6.07, 6.45) is 4.81. The van der Waals surface area contributed by atoms with Crippen molar-refractivity contribution in [3.8, 4) is 0 Å². The monoisotopic (exact) mass is 536 g/mol. The molecular weight excluding hydrogens is 507 g/mol. The van der Waals surface area contributed by atoms with Crippen molar-refractivity contribution in [1.29, 1.82) is 0 Å². The van der Waals surface area contributed by atoms with E-state index in [0.717, 1.165) is 7.25 Å². The molecule has 29 heavy (non-hydrogen) atoms. The number of rotatable bonds is 3. The smallest absolute Gasteiger partial charge is 0.0307 e. The van der Waals surface area contributed by atoms with E-state index in [1.807, 2.05) is 0 Å². The normalized spacial score (nSPS) is 19.0. The molecule has 0 saturated carbocycles. The van der Waals surface area contributed by atoms with Crippen LogP contribution in [-0.2, 0) is 23.2 Å². The van der Waals surface area contributed by atoms with Gasteiger partial charge in [-0.3, -0.25) is 0 Å². The molecule has 2 aromatic rings. The van der Waals surface area contributed by atoms with Gasteiger partial charge in [-0.15, -0.1) is 0 Å². The van der Waals surface area contributed by atoms with Crippen LogP contribution in [-0.4, -0.2) is 16.6 Å². The molecule has 0 spiro atoms. The first-order valence-electron chi connectivity index (χ1n) is 10.1. The second-order valence-corrected chi connectivity index (χ2v) is 27.0. The fourth-order valence-electron chi connectivity index (χ4n) is 3.57. The molecule has 5 heteroatoms. The molecule has 0 amide bonds. The molecule has 0 N–H and O–H groups in total. The van der Waals surface area contributed by atoms with Crippen LogP contribution >= 0.6 is 0 Å². The van der Waals surface area contributed by atoms with Gasteiger partial charge in [0.1, 0.15) is 0 Å². The van der Waals surface area contributed by atoms with Crippen molar-refractivity contribution in [3.05, 3.63) is 81.9 Å². The third kappa shape index (κ3) is 6.65. The van der Waals surface area contributed by atoms with Crippen molar-refractivity contribution in [2.24, 2.45) is 0 Å². The van der Waals surface area contributed by atoms with E-state index in [0.29, 0.717) is 9.04 Å². The van der Waals surface area contributed by atoms with Crippen LogP contribution in [0.15, 0.2) is 59.7 Å². The minimum Gasteiger partial charge on any atom is -1.00 e. The SMILES string of the molecule is CC1=Cc2ccccc2[CH]1[Zr+2][CH]1C(C)=Cc2ccccc21.C[SiH2][Si](C)(C)C.[Cl-].[Cl-]. The van der Waals surface area contributed by atoms with Crippen molar-refractivity contribution in [2.75, 3.05) is 0 Å². The number of fused-ring (bicyclic) bond motifs is 2. The molecule has 4 rings (SSSR count). The Morgan fingerprint density at radius 2 is 1.07 bits per heavy atom. The third-order valence-electron chi connectivity index (χ3n) is 5.69. The molecule has 0 nitrogen and oxygen atoms in total. The third-order valence-corrected chi connectivity index (χ3v) is 19.6. The summed E-state index contributed by atoms with van der Waals surface area (Å²) in [5.74, 6) is 0. The Hall–Kier alpha value is -0.183. The molecular formula is C24H32Cl2Si2Zr. The minimum absolute atomic E-state index is 0. The maximum Gasteiger partial charge on any atom is 0.0307 e. The molecule has 154 valence electrons. The van der Waals surface area contributed by atoms with Crippen LogP contribution in [0.2, 0.25) is 26.2 Å². The molecule has 0 bridgehead atoms. The van der Waals surface area contributed by atoms with Gasteiger partial charge in [0.05, 0.1) is 0 Å². The van der Waals surface area contributed by atoms with Crippen LogP contribution in [0.4, 0.5) is 0 Å². The Bertz CT molecular complexity index is 819. The van der Waals surface area contributed by atoms with Crippen LogP contribution in [0.3, 0.4) is 0 Å². The summed E-state index contributed by atoms with van der Waals surface area (Å²) < 4.78 is 1.48. The van der Waals surface area contributed by atoms with Crippen molar-refractivity contribution in [2.45, 2.75) is 47.3 Å². The van der Waals surface area contributed by atoms with Gasteiger partial charge in [-0.25, -0.2) is 0 Å². The van der Waals surface area contributed by atoms with Gasteiger partial charge in [0, 0.05) is 16.6 Å². The van der Waals surface area contributed by atoms with Crippen LogP contribution in [0, 0.1) is 0 Å². The average Bonchev–Trinajstić information content (AvgIpc) is 3.12. The Kier molecular flexibility index (Phi) is 10.6. The summed E-state index contributed by atoms with van der Waals surface area (Å²) in [4.78, 5) is 0. The molecule has 0 aromatic heterocycles. The van der Waals surface area contributed by atoms with E-state index in [4.69, 9.17) is 0 Å². The van der Waals surface area contributed by atoms with Crippen LogP contribution in [0.5, 0.6) is 0 Å². The second-order valence-electron chi connectivity index (χ2n) is 8.98. The fraction of sp³-hybridized carbons (Fsp3) is 0.333. The predicted molar refractivity (Wildman–Crippen MR) is 123 cm³/mol. The van der Waals surface area contributed by atoms with Crippen molar-refractivity contribution in [1.82, 2.24) is 0 Å². The molecule has 0 heterocycles. The quantitative estimate of drug-likeness (QED) is 0.498. The van der Waals surface area contributed by atoms with Crippen LogP contribution < -0.4 is 24.8 Å². The van der Waals surface area contributed by atoms with Gasteiger partial charge in [-0.2, -0.15) is 0 Å². The van der Waals surface area contributed by atoms with E-state index in [1.54, 1.807) is 22.3 Å². The molecule has 0 fully saturated rings. The number of benzene rings is 2. The van der Waals surface area contributed by atoms with Crippen LogP contribution in [0.25, 0.3) is 12.2 Å². The van der Waals surface area contributed by atoms with Crippen LogP contribution in [0.1, 0.15) is 43.4 Å². The maximum absolute atomic E-state index is 2.44. The fourth-order valence-corrected chi connectivity index (χ4v) is 8.26. The molecule has 0 saturated heterocycles. The molecule has 2 aromatic carbocycles. The van der Waals surface area contributed by atoms with Gasteiger partial charge in [0.2, 0.25) is 0 Å². The predicted octanol–water partition coefficient (Wildman–Crippen LogP) is 0.432. The molecule has 2 aliphatic rings. The first kappa shape index (κ1) is 26.9. The van der Waals surface area contributed by atoms with E-state index in [-0.39, 0.29) is 24.8 Å². The largest absolute Gasteiger partial charge is 1.00 e. The van der Waals surface area contributed by atoms with Gasteiger partial charge in [-0.1, -0.05) is 26.2 Å². The van der Waals surface area contributed by atoms with Gasteiger partial charge < -0.3 is 24.8 Å². The zero-order chi connectivity index (χ0) is 19.6. The summed E-state index contributed by atoms with van der Waals surface area (Å²) in [5.41, 5.74) is 9.24. The summed E-state index contributed by atoms with van der Waals surface area (Å²) >= 11 is -0.616. The van der Waals surface area contributed by atoms with Gasteiger partial charge >= 0.3 is 138 Å². The maximum atomic E-state index is 2.44. The molecule has 0 radical (unpaired) electrons. The number of hydrogen-bond donors (Lipinski definition) is 0. The molecule has 2 aliphatic carbocycles. The number of allylic oxidation sites excluding steroid dienone is 2. The summed E-state index contributed by atoms with van der Waals surface area (Å²) in [5, 5.41) is 0. The Balaban J connectivity index is 0.000000467. The first-order valence-corrected chi connectivity index (χ1v) is 20.2. The summed E-state index contributed by atoms with van der Waals surface area (Å²) in [6, 6.07) is 17.9. The first-order chi connectivity index (χ1) is 12.8. The standard InChI is InChI=1S/2C10H9.C4H14Si2.2ClH.Zr/c2*1-8-6-9-4-2-3-5-10(9)7-8;1-5-6(2,3)4;;;/h2*2-7H,1H3;5H2,1-4H3;2*1H;/q;;;;;+2/p-2. The minimum atomic E-state index is -0.616. The average molecular weight is 539 g/mol. The van der Waals surface area contributed by atoms with E-state index < -0.39 is 30.8 Å². The number of hydrogen-bond acceptors (Lipinski definition) is 0. The van der Waals surface area contributed by atoms with E-state index in [9.17, 15) is 0 Å². The zero-order valence-corrected chi connectivity index (χ0v) is 24.8. The zero-order valence-electron chi connectivity index (χ0n) is 18.4. The number of halogens is 2. The van der Waals surface area contributed by atoms with Crippen molar-refractivity contribution < 1.29 is 48.0 Å². The Morgan fingerprint density at radius 1 is 0.724 bits per heavy atom. The topological polar surface area (TPSA) is 0 Å². The molecule has 0 aliphatic heterocycles. The van der Waals surface area contributed by atoms with E-state index in [1.165, 1.54) is 11.1 Å². The summed E-state index contributed by atoms with van der Waals surface area (Å²) in [6.45, 7) is 14.4. The summed E-state index contributed by atoms with van der Waals surface area (Å²) in [7, 11) is -0.101. The van der Waals surface area contributed by atoms with E-state index in [2.05, 4.69) is 101 Å². The Morgan fingerprint density at radius 3 is 1.41 bits per heavy atom. The van der Waals surface area contributed by atoms with Gasteiger partial charge in [-0.05, 0) is 0 Å². The Labute approximate surface area is 204 Å². The van der Waals surface area contributed by atoms with Crippen molar-refractivity contribution in [3.63, 3.8) is 0 Å². The van der Waals surface area contributed by atoms with Crippen molar-refractivity contribution >= 4 is 28.8 Å². The molecule has 2 unspecified atom stereocenters. The van der Waals surface area contributed by atoms with Gasteiger partial charge in [0.25, 0.3) is 0 Å². The molecule has 2 atom stereocenters.